The molecule has 1 heterocycles. The Bertz CT molecular complexity index is 1020. The van der Waals surface area contributed by atoms with Crippen LogP contribution in [0.2, 0.25) is 5.02 Å². The van der Waals surface area contributed by atoms with Gasteiger partial charge >= 0.3 is 11.5 Å². The quantitative estimate of drug-likeness (QED) is 0.453. The summed E-state index contributed by atoms with van der Waals surface area (Å²) >= 11 is 6.03. The van der Waals surface area contributed by atoms with Gasteiger partial charge in [0.25, 0.3) is 0 Å². The first-order valence-corrected chi connectivity index (χ1v) is 10.4. The fourth-order valence-electron chi connectivity index (χ4n) is 2.80. The average Bonchev–Trinajstić information content (AvgIpc) is 2.74. The van der Waals surface area contributed by atoms with Gasteiger partial charge in [-0.3, -0.25) is 0 Å². The molecule has 0 spiro atoms. The molecule has 0 amide bonds. The molecule has 0 saturated carbocycles. The minimum atomic E-state index is -4.94. The van der Waals surface area contributed by atoms with Crippen LogP contribution in [-0.2, 0) is 0 Å². The van der Waals surface area contributed by atoms with Crippen molar-refractivity contribution in [2.24, 2.45) is 0 Å². The van der Waals surface area contributed by atoms with Crippen molar-refractivity contribution >= 4 is 11.6 Å². The maximum absolute atomic E-state index is 8.49. The van der Waals surface area contributed by atoms with Crippen LogP contribution in [0.4, 0.5) is 0 Å². The largest absolute Gasteiger partial charge is 0.361 e. The Morgan fingerprint density at radius 3 is 1.33 bits per heavy atom. The minimum absolute atomic E-state index is 0.732. The third kappa shape index (κ3) is 6.64. The molecular weight excluding hydrogens is 427 g/mol. The van der Waals surface area contributed by atoms with Gasteiger partial charge in [0.15, 0.2) is 0 Å². The first-order chi connectivity index (χ1) is 14.3. The van der Waals surface area contributed by atoms with Gasteiger partial charge in [-0.1, -0.05) is 60.1 Å². The van der Waals surface area contributed by atoms with E-state index in [1.54, 1.807) is 0 Å². The summed E-state index contributed by atoms with van der Waals surface area (Å²) in [6, 6.07) is 32.3. The second kappa shape index (κ2) is 9.82. The van der Waals surface area contributed by atoms with E-state index in [0.717, 1.165) is 38.8 Å². The van der Waals surface area contributed by atoms with Gasteiger partial charge in [-0.25, -0.2) is 23.1 Å². The summed E-state index contributed by atoms with van der Waals surface area (Å²) in [5, 5.41) is 0.732. The Labute approximate surface area is 180 Å². The molecule has 5 nitrogen and oxygen atoms in total. The van der Waals surface area contributed by atoms with Crippen LogP contribution >= 0.6 is 11.6 Å². The van der Waals surface area contributed by atoms with E-state index in [9.17, 15) is 0 Å². The number of hydrogen-bond donors (Lipinski definition) is 0. The molecule has 4 rings (SSSR count). The molecular formula is C23H16Cl2O5. The highest BCUT2D eigenvalue weighted by molar-refractivity contribution is 6.30. The second-order valence-electron chi connectivity index (χ2n) is 6.19. The van der Waals surface area contributed by atoms with Crippen molar-refractivity contribution in [3.8, 4) is 33.8 Å². The van der Waals surface area contributed by atoms with Gasteiger partial charge in [0, 0.05) is 10.6 Å². The highest BCUT2D eigenvalue weighted by atomic mass is 35.7. The standard InChI is InChI=1S/C23H16ClO.ClHO4/c24-21-13-11-17(12-14-21)20-15-22(18-7-3-1-4-8-18)25-23(16-20)19-9-5-2-6-10-19;2-1(3,4)5/h1-16H;(H,2,3,4,5)/q+1;/p-1. The van der Waals surface area contributed by atoms with Crippen LogP contribution in [-0.4, -0.2) is 0 Å². The van der Waals surface area contributed by atoms with Crippen LogP contribution in [0.1, 0.15) is 0 Å². The van der Waals surface area contributed by atoms with Crippen molar-refractivity contribution in [3.63, 3.8) is 0 Å². The van der Waals surface area contributed by atoms with E-state index < -0.39 is 10.2 Å². The van der Waals surface area contributed by atoms with Gasteiger partial charge in [-0.2, -0.15) is 0 Å². The lowest BCUT2D eigenvalue weighted by atomic mass is 10.0. The average molecular weight is 443 g/mol. The molecule has 0 unspecified atom stereocenters. The van der Waals surface area contributed by atoms with Crippen LogP contribution in [0.15, 0.2) is 101 Å². The van der Waals surface area contributed by atoms with Gasteiger partial charge in [0.05, 0.1) is 23.3 Å². The molecule has 0 saturated heterocycles. The van der Waals surface area contributed by atoms with Crippen LogP contribution in [0.3, 0.4) is 0 Å². The monoisotopic (exact) mass is 442 g/mol. The Balaban J connectivity index is 0.000000461. The Morgan fingerprint density at radius 1 is 0.533 bits per heavy atom. The molecule has 0 N–H and O–H groups in total. The Kier molecular flexibility index (Phi) is 7.18. The fourth-order valence-corrected chi connectivity index (χ4v) is 2.93. The van der Waals surface area contributed by atoms with Crippen LogP contribution in [0.25, 0.3) is 33.8 Å². The Morgan fingerprint density at radius 2 is 0.933 bits per heavy atom. The summed E-state index contributed by atoms with van der Waals surface area (Å²) in [6.07, 6.45) is 0. The summed E-state index contributed by atoms with van der Waals surface area (Å²) in [5.74, 6) is 1.68. The number of hydrogen-bond acceptors (Lipinski definition) is 4. The van der Waals surface area contributed by atoms with Crippen molar-refractivity contribution < 1.29 is 33.3 Å². The molecule has 0 aliphatic heterocycles. The summed E-state index contributed by atoms with van der Waals surface area (Å²) < 4.78 is 40.2. The minimum Gasteiger partial charge on any atom is -0.222 e. The van der Waals surface area contributed by atoms with E-state index in [-0.39, 0.29) is 0 Å². The highest BCUT2D eigenvalue weighted by Gasteiger charge is 2.20. The van der Waals surface area contributed by atoms with Gasteiger partial charge in [-0.05, 0) is 42.0 Å². The van der Waals surface area contributed by atoms with Crippen LogP contribution < -0.4 is 18.6 Å². The molecule has 0 fully saturated rings. The molecule has 0 aliphatic rings. The lowest BCUT2D eigenvalue weighted by Gasteiger charge is -2.17. The second-order valence-corrected chi connectivity index (χ2v) is 7.38. The normalized spacial score (nSPS) is 10.8. The lowest BCUT2D eigenvalue weighted by molar-refractivity contribution is -2.00. The van der Waals surface area contributed by atoms with E-state index in [1.165, 1.54) is 0 Å². The number of halogens is 2. The molecule has 4 aromatic rings. The maximum atomic E-state index is 8.49. The third-order valence-electron chi connectivity index (χ3n) is 4.09. The summed E-state index contributed by atoms with van der Waals surface area (Å²) in [5.41, 5.74) is 4.31. The Hall–Kier alpha value is -2.77. The molecule has 1 aromatic heterocycles. The highest BCUT2D eigenvalue weighted by Crippen LogP contribution is 2.33. The van der Waals surface area contributed by atoms with E-state index in [1.807, 2.05) is 60.7 Å². The molecule has 152 valence electrons. The predicted molar refractivity (Wildman–Crippen MR) is 104 cm³/mol. The smallest absolute Gasteiger partial charge is 0.222 e. The van der Waals surface area contributed by atoms with Crippen LogP contribution in [0.5, 0.6) is 0 Å². The zero-order valence-corrected chi connectivity index (χ0v) is 17.0. The number of rotatable bonds is 3. The zero-order chi connectivity index (χ0) is 21.6. The fraction of sp³-hybridized carbons (Fsp3) is 0. The molecule has 3 aromatic carbocycles. The van der Waals surface area contributed by atoms with Crippen molar-refractivity contribution in [2.45, 2.75) is 0 Å². The van der Waals surface area contributed by atoms with Gasteiger partial charge in [-0.15, -0.1) is 10.2 Å². The molecule has 7 heteroatoms. The SMILES string of the molecule is Clc1ccc(-c2cc(-c3ccccc3)[o+]c(-c3ccccc3)c2)cc1.[O-][Cl+3]([O-])([O-])[O-]. The van der Waals surface area contributed by atoms with Gasteiger partial charge < -0.3 is 0 Å². The first-order valence-electron chi connectivity index (χ1n) is 8.76. The zero-order valence-electron chi connectivity index (χ0n) is 15.5. The lowest BCUT2D eigenvalue weighted by Crippen LogP contribution is -2.68. The van der Waals surface area contributed by atoms with Crippen molar-refractivity contribution in [1.29, 1.82) is 0 Å². The summed E-state index contributed by atoms with van der Waals surface area (Å²) in [4.78, 5) is 0. The van der Waals surface area contributed by atoms with Gasteiger partial charge in [0.2, 0.25) is 0 Å². The maximum Gasteiger partial charge on any atom is 0.361 e. The molecule has 0 radical (unpaired) electrons. The van der Waals surface area contributed by atoms with E-state index in [0.29, 0.717) is 0 Å². The van der Waals surface area contributed by atoms with Crippen molar-refractivity contribution in [3.05, 3.63) is 102 Å². The third-order valence-corrected chi connectivity index (χ3v) is 4.34. The predicted octanol–water partition coefficient (Wildman–Crippen LogP) is 2.46. The van der Waals surface area contributed by atoms with Crippen molar-refractivity contribution in [1.82, 2.24) is 0 Å². The first kappa shape index (κ1) is 21.9. The summed E-state index contributed by atoms with van der Waals surface area (Å²) in [6.45, 7) is 0. The summed E-state index contributed by atoms with van der Waals surface area (Å²) in [7, 11) is -4.94. The topological polar surface area (TPSA) is 104 Å². The van der Waals surface area contributed by atoms with E-state index >= 15 is 0 Å². The van der Waals surface area contributed by atoms with E-state index in [2.05, 4.69) is 36.4 Å². The van der Waals surface area contributed by atoms with Crippen LogP contribution in [0, 0.1) is 10.2 Å². The molecule has 30 heavy (non-hydrogen) atoms. The molecule has 0 aliphatic carbocycles. The molecule has 0 atom stereocenters. The van der Waals surface area contributed by atoms with E-state index in [4.69, 9.17) is 34.7 Å². The number of benzene rings is 3. The molecule has 0 bridgehead atoms. The van der Waals surface area contributed by atoms with Crippen molar-refractivity contribution in [2.75, 3.05) is 0 Å². The van der Waals surface area contributed by atoms with Gasteiger partial charge in [0.1, 0.15) is 0 Å².